The molecule has 55 heavy (non-hydrogen) atoms. The topological polar surface area (TPSA) is 151 Å². The summed E-state index contributed by atoms with van der Waals surface area (Å²) in [5.41, 5.74) is 3.16. The highest BCUT2D eigenvalue weighted by Gasteiger charge is 2.40. The molecule has 2 heterocycles. The number of hydrogen-bond acceptors (Lipinski definition) is 7. The number of amides is 4. The van der Waals surface area contributed by atoms with Crippen molar-refractivity contribution in [1.82, 2.24) is 20.9 Å². The van der Waals surface area contributed by atoms with Gasteiger partial charge in [-0.2, -0.15) is 0 Å². The van der Waals surface area contributed by atoms with Crippen LogP contribution in [0.1, 0.15) is 60.4 Å². The van der Waals surface area contributed by atoms with E-state index in [-0.39, 0.29) is 50.2 Å². The number of carbonyl (C=O) groups excluding carboxylic acids is 6. The first-order chi connectivity index (χ1) is 26.7. The number of hydrogen-bond donors (Lipinski definition) is 3. The highest BCUT2D eigenvalue weighted by atomic mass is 16.5. The van der Waals surface area contributed by atoms with Gasteiger partial charge in [0, 0.05) is 38.1 Å². The number of benzene rings is 4. The Hall–Kier alpha value is -6.10. The number of rotatable bonds is 8. The second-order valence-electron chi connectivity index (χ2n) is 14.1. The Kier molecular flexibility index (Phi) is 13.2. The highest BCUT2D eigenvalue weighted by Crippen LogP contribution is 2.24. The van der Waals surface area contributed by atoms with Crippen molar-refractivity contribution in [3.05, 3.63) is 138 Å². The van der Waals surface area contributed by atoms with Crippen LogP contribution in [0.25, 0.3) is 0 Å². The van der Waals surface area contributed by atoms with Crippen molar-refractivity contribution in [3.8, 4) is 5.75 Å². The van der Waals surface area contributed by atoms with Gasteiger partial charge in [0.2, 0.25) is 23.6 Å². The summed E-state index contributed by atoms with van der Waals surface area (Å²) in [6.07, 6.45) is 0.707. The van der Waals surface area contributed by atoms with E-state index in [1.807, 2.05) is 84.9 Å². The zero-order valence-electron chi connectivity index (χ0n) is 30.7. The molecule has 0 spiro atoms. The standard InChI is InChI=1S/C44H46N4O7/c49-35-27-34(25-31-18-20-36(21-19-31)55-29-32-13-6-2-7-14-32)42(52)46-37(26-30-11-4-1-5-12-30)44(54)48-24-10-17-38(48)43(53)47-41(33-15-8-3-9-16-33)39(50)22-23-40(51)45-28-35/h1-9,11-16,18-21,34,37-38,41H,10,17,22-29H2,(H,45,51)(H,46,52)(H,47,53)/t34?,37-,38-,41-/m0/s1. The first-order valence-electron chi connectivity index (χ1n) is 18.8. The van der Waals surface area contributed by atoms with Crippen molar-refractivity contribution in [2.45, 2.75) is 69.7 Å². The van der Waals surface area contributed by atoms with Crippen molar-refractivity contribution < 1.29 is 33.5 Å². The van der Waals surface area contributed by atoms with Crippen LogP contribution in [-0.2, 0) is 48.2 Å². The van der Waals surface area contributed by atoms with Crippen LogP contribution >= 0.6 is 0 Å². The van der Waals surface area contributed by atoms with Gasteiger partial charge in [-0.05, 0) is 53.6 Å². The van der Waals surface area contributed by atoms with Gasteiger partial charge in [-0.25, -0.2) is 0 Å². The average Bonchev–Trinajstić information content (AvgIpc) is 3.71. The zero-order chi connectivity index (χ0) is 38.6. The number of Topliss-reactive ketones (excluding diaryl/α,β-unsaturated/α-hetero) is 2. The molecule has 4 aromatic carbocycles. The lowest BCUT2D eigenvalue weighted by Crippen LogP contribution is -2.55. The van der Waals surface area contributed by atoms with E-state index >= 15 is 0 Å². The molecule has 4 aromatic rings. The van der Waals surface area contributed by atoms with Crippen LogP contribution in [0.4, 0.5) is 0 Å². The molecule has 4 atom stereocenters. The van der Waals surface area contributed by atoms with Crippen molar-refractivity contribution in [3.63, 3.8) is 0 Å². The molecule has 2 aliphatic rings. The first-order valence-corrected chi connectivity index (χ1v) is 18.8. The van der Waals surface area contributed by atoms with Gasteiger partial charge in [0.05, 0.1) is 6.54 Å². The van der Waals surface area contributed by atoms with E-state index in [0.717, 1.165) is 16.7 Å². The largest absolute Gasteiger partial charge is 0.489 e. The third-order valence-electron chi connectivity index (χ3n) is 10.1. The van der Waals surface area contributed by atoms with E-state index in [4.69, 9.17) is 4.74 Å². The summed E-state index contributed by atoms with van der Waals surface area (Å²) >= 11 is 0. The maximum Gasteiger partial charge on any atom is 0.246 e. The number of nitrogens with one attached hydrogen (secondary N) is 3. The van der Waals surface area contributed by atoms with Gasteiger partial charge in [-0.1, -0.05) is 103 Å². The van der Waals surface area contributed by atoms with Crippen LogP contribution in [0.3, 0.4) is 0 Å². The van der Waals surface area contributed by atoms with Crippen LogP contribution in [-0.4, -0.2) is 65.3 Å². The van der Waals surface area contributed by atoms with Gasteiger partial charge in [-0.15, -0.1) is 0 Å². The van der Waals surface area contributed by atoms with Crippen LogP contribution in [0, 0.1) is 5.92 Å². The molecule has 0 aliphatic carbocycles. The molecular weight excluding hydrogens is 697 g/mol. The van der Waals surface area contributed by atoms with Gasteiger partial charge >= 0.3 is 0 Å². The SMILES string of the molecule is O=C1CNC(=O)CCC(=O)[C@H](c2ccccc2)NC(=O)[C@@H]2CCCN2C(=O)[C@H](Cc2ccccc2)NC(=O)C(Cc2ccc(OCc3ccccc3)cc2)C1. The quantitative estimate of drug-likeness (QED) is 0.242. The molecule has 6 rings (SSSR count). The van der Waals surface area contributed by atoms with Crippen molar-refractivity contribution >= 4 is 35.2 Å². The molecule has 3 N–H and O–H groups in total. The van der Waals surface area contributed by atoms with Gasteiger partial charge in [0.1, 0.15) is 30.5 Å². The van der Waals surface area contributed by atoms with Gasteiger partial charge in [-0.3, -0.25) is 28.8 Å². The molecule has 11 nitrogen and oxygen atoms in total. The molecule has 0 bridgehead atoms. The molecule has 11 heteroatoms. The molecule has 0 radical (unpaired) electrons. The van der Waals surface area contributed by atoms with Crippen LogP contribution in [0.2, 0.25) is 0 Å². The van der Waals surface area contributed by atoms with Gasteiger partial charge in [0.25, 0.3) is 0 Å². The Morgan fingerprint density at radius 2 is 1.29 bits per heavy atom. The van der Waals surface area contributed by atoms with E-state index in [1.54, 1.807) is 30.3 Å². The Bertz CT molecular complexity index is 1950. The van der Waals surface area contributed by atoms with E-state index in [2.05, 4.69) is 16.0 Å². The fourth-order valence-electron chi connectivity index (χ4n) is 7.09. The summed E-state index contributed by atoms with van der Waals surface area (Å²) < 4.78 is 5.93. The lowest BCUT2D eigenvalue weighted by Gasteiger charge is -2.31. The smallest absolute Gasteiger partial charge is 0.246 e. The minimum Gasteiger partial charge on any atom is -0.489 e. The summed E-state index contributed by atoms with van der Waals surface area (Å²) in [6, 6.07) is 32.1. The summed E-state index contributed by atoms with van der Waals surface area (Å²) in [6.45, 7) is 0.357. The maximum atomic E-state index is 14.4. The Morgan fingerprint density at radius 3 is 1.98 bits per heavy atom. The number of ketones is 2. The predicted octanol–water partition coefficient (Wildman–Crippen LogP) is 4.44. The number of nitrogens with zero attached hydrogens (tertiary/aromatic N) is 1. The summed E-state index contributed by atoms with van der Waals surface area (Å²) in [5.74, 6) is -2.87. The maximum absolute atomic E-state index is 14.4. The van der Waals surface area contributed by atoms with Crippen LogP contribution in [0.5, 0.6) is 5.75 Å². The summed E-state index contributed by atoms with van der Waals surface area (Å²) in [7, 11) is 0. The van der Waals surface area contributed by atoms with Gasteiger partial charge in [0.15, 0.2) is 11.6 Å². The van der Waals surface area contributed by atoms with E-state index in [0.29, 0.717) is 37.3 Å². The van der Waals surface area contributed by atoms with Crippen molar-refractivity contribution in [1.29, 1.82) is 0 Å². The first kappa shape index (κ1) is 38.6. The molecular formula is C44H46N4O7. The molecule has 4 amide bonds. The minimum atomic E-state index is -1.04. The third-order valence-corrected chi connectivity index (χ3v) is 10.1. The molecule has 1 unspecified atom stereocenters. The molecule has 0 aromatic heterocycles. The van der Waals surface area contributed by atoms with E-state index in [9.17, 15) is 28.8 Å². The highest BCUT2D eigenvalue weighted by molar-refractivity contribution is 5.97. The molecule has 284 valence electrons. The monoisotopic (exact) mass is 742 g/mol. The fourth-order valence-corrected chi connectivity index (χ4v) is 7.09. The zero-order valence-corrected chi connectivity index (χ0v) is 30.7. The Labute approximate surface area is 320 Å². The minimum absolute atomic E-state index is 0.158. The summed E-state index contributed by atoms with van der Waals surface area (Å²) in [4.78, 5) is 83.8. The molecule has 2 saturated heterocycles. The molecule has 0 saturated carbocycles. The fraction of sp³-hybridized carbons (Fsp3) is 0.318. The van der Waals surface area contributed by atoms with Gasteiger partial charge < -0.3 is 25.6 Å². The molecule has 2 aliphatic heterocycles. The summed E-state index contributed by atoms with van der Waals surface area (Å²) in [5, 5.41) is 8.42. The number of fused-ring (bicyclic) bond motifs is 1. The van der Waals surface area contributed by atoms with Crippen LogP contribution in [0.15, 0.2) is 115 Å². The second-order valence-corrected chi connectivity index (χ2v) is 14.1. The van der Waals surface area contributed by atoms with E-state index in [1.165, 1.54) is 4.90 Å². The number of ether oxygens (including phenoxy) is 1. The lowest BCUT2D eigenvalue weighted by atomic mass is 9.92. The number of carbonyl (C=O) groups is 6. The normalized spacial score (nSPS) is 21.8. The predicted molar refractivity (Wildman–Crippen MR) is 205 cm³/mol. The Morgan fingerprint density at radius 1 is 0.655 bits per heavy atom. The van der Waals surface area contributed by atoms with Crippen molar-refractivity contribution in [2.75, 3.05) is 13.1 Å². The molecule has 2 fully saturated rings. The second kappa shape index (κ2) is 18.8. The third kappa shape index (κ3) is 10.7. The lowest BCUT2D eigenvalue weighted by molar-refractivity contribution is -0.142. The van der Waals surface area contributed by atoms with E-state index < -0.39 is 47.7 Å². The Balaban J connectivity index is 1.26. The van der Waals surface area contributed by atoms with Crippen molar-refractivity contribution in [2.24, 2.45) is 5.92 Å². The average molecular weight is 743 g/mol. The van der Waals surface area contributed by atoms with Crippen LogP contribution < -0.4 is 20.7 Å².